The highest BCUT2D eigenvalue weighted by molar-refractivity contribution is 7.10. The number of amides is 1. The van der Waals surface area contributed by atoms with Crippen LogP contribution in [0.4, 0.5) is 0 Å². The molecule has 1 aliphatic rings. The van der Waals surface area contributed by atoms with Gasteiger partial charge in [-0.1, -0.05) is 11.8 Å². The molecule has 0 radical (unpaired) electrons. The fourth-order valence-corrected chi connectivity index (χ4v) is 2.36. The van der Waals surface area contributed by atoms with Gasteiger partial charge in [0.15, 0.2) is 0 Å². The third-order valence-electron chi connectivity index (χ3n) is 2.58. The van der Waals surface area contributed by atoms with Crippen molar-refractivity contribution >= 4 is 17.2 Å². The summed E-state index contributed by atoms with van der Waals surface area (Å²) in [6, 6.07) is 1.77. The SMILES string of the molecule is O=C(NN1CCOCC1)c1csc(C#CCCO)c1. The summed E-state index contributed by atoms with van der Waals surface area (Å²) in [6.45, 7) is 2.75. The molecule has 1 fully saturated rings. The molecule has 1 aliphatic heterocycles. The lowest BCUT2D eigenvalue weighted by Crippen LogP contribution is -2.48. The molecule has 19 heavy (non-hydrogen) atoms. The van der Waals surface area contributed by atoms with Crippen LogP contribution < -0.4 is 5.43 Å². The van der Waals surface area contributed by atoms with Crippen LogP contribution in [-0.4, -0.2) is 48.9 Å². The first kappa shape index (κ1) is 14.0. The molecule has 2 rings (SSSR count). The minimum Gasteiger partial charge on any atom is -0.395 e. The number of aliphatic hydroxyl groups is 1. The maximum absolute atomic E-state index is 12.0. The van der Waals surface area contributed by atoms with Crippen molar-refractivity contribution in [3.8, 4) is 11.8 Å². The second-order valence-electron chi connectivity index (χ2n) is 4.02. The van der Waals surface area contributed by atoms with Crippen LogP contribution in [0.1, 0.15) is 21.7 Å². The number of carbonyl (C=O) groups excluding carboxylic acids is 1. The predicted molar refractivity (Wildman–Crippen MR) is 72.8 cm³/mol. The molecule has 2 heterocycles. The lowest BCUT2D eigenvalue weighted by Gasteiger charge is -2.26. The number of hydrazine groups is 1. The van der Waals surface area contributed by atoms with Crippen LogP contribution in [0.2, 0.25) is 0 Å². The fourth-order valence-electron chi connectivity index (χ4n) is 1.61. The third kappa shape index (κ3) is 4.33. The Balaban J connectivity index is 1.90. The lowest BCUT2D eigenvalue weighted by molar-refractivity contribution is 0.0126. The van der Waals surface area contributed by atoms with E-state index in [0.29, 0.717) is 38.3 Å². The summed E-state index contributed by atoms with van der Waals surface area (Å²) >= 11 is 1.43. The number of nitrogens with zero attached hydrogens (tertiary/aromatic N) is 1. The van der Waals surface area contributed by atoms with E-state index in [1.165, 1.54) is 11.3 Å². The zero-order chi connectivity index (χ0) is 13.5. The first-order valence-electron chi connectivity index (χ1n) is 6.11. The van der Waals surface area contributed by atoms with Gasteiger partial charge in [0.25, 0.3) is 5.91 Å². The van der Waals surface area contributed by atoms with Gasteiger partial charge < -0.3 is 9.84 Å². The maximum atomic E-state index is 12.0. The lowest BCUT2D eigenvalue weighted by atomic mass is 10.3. The average Bonchev–Trinajstić information content (AvgIpc) is 2.89. The van der Waals surface area contributed by atoms with Gasteiger partial charge in [0.2, 0.25) is 0 Å². The van der Waals surface area contributed by atoms with E-state index in [0.717, 1.165) is 4.88 Å². The normalized spacial score (nSPS) is 15.6. The van der Waals surface area contributed by atoms with E-state index in [1.54, 1.807) is 11.4 Å². The van der Waals surface area contributed by atoms with Crippen molar-refractivity contribution < 1.29 is 14.6 Å². The molecular formula is C13H16N2O3S. The summed E-state index contributed by atoms with van der Waals surface area (Å²) < 4.78 is 5.22. The molecule has 0 spiro atoms. The van der Waals surface area contributed by atoms with Gasteiger partial charge in [-0.2, -0.15) is 0 Å². The van der Waals surface area contributed by atoms with E-state index in [-0.39, 0.29) is 12.5 Å². The van der Waals surface area contributed by atoms with Gasteiger partial charge in [-0.05, 0) is 6.07 Å². The number of carbonyl (C=O) groups is 1. The molecule has 102 valence electrons. The van der Waals surface area contributed by atoms with Crippen LogP contribution >= 0.6 is 11.3 Å². The first-order chi connectivity index (χ1) is 9.29. The quantitative estimate of drug-likeness (QED) is 0.790. The minimum atomic E-state index is -0.117. The number of thiophene rings is 1. The van der Waals surface area contributed by atoms with Crippen LogP contribution in [-0.2, 0) is 4.74 Å². The zero-order valence-electron chi connectivity index (χ0n) is 10.5. The molecule has 0 aliphatic carbocycles. The van der Waals surface area contributed by atoms with Crippen molar-refractivity contribution in [2.75, 3.05) is 32.9 Å². The molecule has 6 heteroatoms. The zero-order valence-corrected chi connectivity index (χ0v) is 11.3. The highest BCUT2D eigenvalue weighted by Gasteiger charge is 2.15. The summed E-state index contributed by atoms with van der Waals surface area (Å²) in [7, 11) is 0. The summed E-state index contributed by atoms with van der Waals surface area (Å²) in [5.41, 5.74) is 3.46. The van der Waals surface area contributed by atoms with Gasteiger partial charge >= 0.3 is 0 Å². The van der Waals surface area contributed by atoms with Gasteiger partial charge in [0.1, 0.15) is 0 Å². The van der Waals surface area contributed by atoms with Crippen molar-refractivity contribution in [2.45, 2.75) is 6.42 Å². The number of ether oxygens (including phenoxy) is 1. The van der Waals surface area contributed by atoms with Gasteiger partial charge in [-0.3, -0.25) is 10.2 Å². The van der Waals surface area contributed by atoms with Crippen molar-refractivity contribution in [1.82, 2.24) is 10.4 Å². The Kier molecular flexibility index (Phi) is 5.36. The largest absolute Gasteiger partial charge is 0.395 e. The number of hydrogen-bond acceptors (Lipinski definition) is 5. The summed E-state index contributed by atoms with van der Waals surface area (Å²) in [4.78, 5) is 12.8. The Morgan fingerprint density at radius 1 is 1.53 bits per heavy atom. The second kappa shape index (κ2) is 7.26. The van der Waals surface area contributed by atoms with Crippen LogP contribution in [0, 0.1) is 11.8 Å². The molecule has 0 aromatic carbocycles. The van der Waals surface area contributed by atoms with Gasteiger partial charge in [0.05, 0.1) is 30.3 Å². The second-order valence-corrected chi connectivity index (χ2v) is 4.93. The van der Waals surface area contributed by atoms with E-state index in [1.807, 2.05) is 5.01 Å². The topological polar surface area (TPSA) is 61.8 Å². The van der Waals surface area contributed by atoms with Crippen molar-refractivity contribution in [2.24, 2.45) is 0 Å². The van der Waals surface area contributed by atoms with Crippen LogP contribution in [0.5, 0.6) is 0 Å². The minimum absolute atomic E-state index is 0.0583. The Bertz CT molecular complexity index is 484. The number of rotatable bonds is 3. The van der Waals surface area contributed by atoms with E-state index >= 15 is 0 Å². The molecule has 0 atom stereocenters. The van der Waals surface area contributed by atoms with E-state index in [9.17, 15) is 4.79 Å². The summed E-state index contributed by atoms with van der Waals surface area (Å²) in [5, 5.41) is 12.3. The Morgan fingerprint density at radius 2 is 2.32 bits per heavy atom. The van der Waals surface area contributed by atoms with Crippen molar-refractivity contribution in [3.05, 3.63) is 21.9 Å². The van der Waals surface area contributed by atoms with Crippen LogP contribution in [0.25, 0.3) is 0 Å². The molecule has 1 saturated heterocycles. The number of morpholine rings is 1. The Hall–Kier alpha value is -1.39. The molecule has 0 bridgehead atoms. The molecule has 1 aromatic rings. The maximum Gasteiger partial charge on any atom is 0.266 e. The predicted octanol–water partition coefficient (Wildman–Crippen LogP) is 0.459. The van der Waals surface area contributed by atoms with Gasteiger partial charge in [0, 0.05) is 24.9 Å². The molecule has 2 N–H and O–H groups in total. The smallest absolute Gasteiger partial charge is 0.266 e. The standard InChI is InChI=1S/C13H16N2O3S/c16-6-2-1-3-12-9-11(10-19-12)13(17)14-15-4-7-18-8-5-15/h9-10,16H,2,4-8H2,(H,14,17). The summed E-state index contributed by atoms with van der Waals surface area (Å²) in [5.74, 6) is 5.64. The van der Waals surface area contributed by atoms with Crippen molar-refractivity contribution in [3.63, 3.8) is 0 Å². The Morgan fingerprint density at radius 3 is 3.05 bits per heavy atom. The van der Waals surface area contributed by atoms with E-state index in [2.05, 4.69) is 17.3 Å². The monoisotopic (exact) mass is 280 g/mol. The number of hydrogen-bond donors (Lipinski definition) is 2. The van der Waals surface area contributed by atoms with E-state index in [4.69, 9.17) is 9.84 Å². The van der Waals surface area contributed by atoms with E-state index < -0.39 is 0 Å². The highest BCUT2D eigenvalue weighted by atomic mass is 32.1. The number of nitrogens with one attached hydrogen (secondary N) is 1. The van der Waals surface area contributed by atoms with Crippen LogP contribution in [0.15, 0.2) is 11.4 Å². The molecule has 0 saturated carbocycles. The van der Waals surface area contributed by atoms with Gasteiger partial charge in [-0.15, -0.1) is 11.3 Å². The fraction of sp³-hybridized carbons (Fsp3) is 0.462. The van der Waals surface area contributed by atoms with Gasteiger partial charge in [-0.25, -0.2) is 5.01 Å². The summed E-state index contributed by atoms with van der Waals surface area (Å²) in [6.07, 6.45) is 0.452. The third-order valence-corrected chi connectivity index (χ3v) is 3.43. The molecule has 1 aromatic heterocycles. The first-order valence-corrected chi connectivity index (χ1v) is 6.99. The van der Waals surface area contributed by atoms with Crippen molar-refractivity contribution in [1.29, 1.82) is 0 Å². The van der Waals surface area contributed by atoms with Crippen LogP contribution in [0.3, 0.4) is 0 Å². The highest BCUT2D eigenvalue weighted by Crippen LogP contribution is 2.13. The molecule has 1 amide bonds. The molecular weight excluding hydrogens is 264 g/mol. The molecule has 5 nitrogen and oxygen atoms in total. The Labute approximate surface area is 116 Å². The number of aliphatic hydroxyl groups excluding tert-OH is 1. The molecule has 0 unspecified atom stereocenters. The average molecular weight is 280 g/mol.